The molecule has 1 aliphatic rings. The van der Waals surface area contributed by atoms with Crippen molar-refractivity contribution in [2.75, 3.05) is 13.2 Å². The smallest absolute Gasteiger partial charge is 0.286 e. The lowest BCUT2D eigenvalue weighted by atomic mass is 10.1. The first-order valence-corrected chi connectivity index (χ1v) is 5.83. The number of ether oxygens (including phenoxy) is 1. The Bertz CT molecular complexity index is 588. The van der Waals surface area contributed by atoms with Crippen LogP contribution in [-0.4, -0.2) is 38.9 Å². The molecular formula is C11H13N5O2. The van der Waals surface area contributed by atoms with E-state index in [-0.39, 0.29) is 11.9 Å². The van der Waals surface area contributed by atoms with Crippen LogP contribution in [0.2, 0.25) is 0 Å². The van der Waals surface area contributed by atoms with Gasteiger partial charge in [-0.15, -0.1) is 0 Å². The summed E-state index contributed by atoms with van der Waals surface area (Å²) in [5.41, 5.74) is 5.85. The summed E-state index contributed by atoms with van der Waals surface area (Å²) >= 11 is 0. The van der Waals surface area contributed by atoms with Gasteiger partial charge < -0.3 is 10.5 Å². The molecule has 2 aromatic heterocycles. The highest BCUT2D eigenvalue weighted by molar-refractivity contribution is 5.90. The number of rotatable bonds is 2. The van der Waals surface area contributed by atoms with Crippen molar-refractivity contribution in [2.45, 2.75) is 18.9 Å². The Labute approximate surface area is 103 Å². The number of nitrogens with two attached hydrogens (primary N) is 1. The maximum atomic E-state index is 11.1. The monoisotopic (exact) mass is 247 g/mol. The molecule has 94 valence electrons. The third kappa shape index (κ3) is 1.82. The first-order chi connectivity index (χ1) is 8.75. The van der Waals surface area contributed by atoms with E-state index < -0.39 is 5.91 Å². The van der Waals surface area contributed by atoms with E-state index in [9.17, 15) is 4.79 Å². The first kappa shape index (κ1) is 11.1. The van der Waals surface area contributed by atoms with E-state index in [0.717, 1.165) is 31.4 Å². The van der Waals surface area contributed by atoms with Crippen LogP contribution < -0.4 is 5.73 Å². The molecule has 3 rings (SSSR count). The van der Waals surface area contributed by atoms with Crippen molar-refractivity contribution < 1.29 is 9.53 Å². The van der Waals surface area contributed by atoms with E-state index in [1.165, 1.54) is 0 Å². The second-order valence-corrected chi connectivity index (χ2v) is 4.27. The molecule has 7 nitrogen and oxygen atoms in total. The molecule has 1 fully saturated rings. The van der Waals surface area contributed by atoms with Crippen LogP contribution in [0.4, 0.5) is 0 Å². The van der Waals surface area contributed by atoms with Crippen LogP contribution in [0.1, 0.15) is 29.5 Å². The van der Waals surface area contributed by atoms with Crippen molar-refractivity contribution in [1.29, 1.82) is 0 Å². The highest BCUT2D eigenvalue weighted by Crippen LogP contribution is 2.23. The maximum absolute atomic E-state index is 11.1. The molecule has 0 spiro atoms. The summed E-state index contributed by atoms with van der Waals surface area (Å²) < 4.78 is 7.16. The molecule has 0 aliphatic carbocycles. The molecular weight excluding hydrogens is 234 g/mol. The zero-order valence-electron chi connectivity index (χ0n) is 9.74. The Morgan fingerprint density at radius 3 is 2.89 bits per heavy atom. The summed E-state index contributed by atoms with van der Waals surface area (Å²) in [6.07, 6.45) is 5.07. The number of carbonyl (C=O) groups excluding carboxylic acids is 1. The normalized spacial score (nSPS) is 17.1. The quantitative estimate of drug-likeness (QED) is 0.822. The largest absolute Gasteiger partial charge is 0.381 e. The van der Waals surface area contributed by atoms with Gasteiger partial charge in [-0.3, -0.25) is 4.79 Å². The van der Waals surface area contributed by atoms with E-state index in [0.29, 0.717) is 5.65 Å². The molecule has 2 aromatic rings. The van der Waals surface area contributed by atoms with Crippen molar-refractivity contribution in [3.8, 4) is 0 Å². The summed E-state index contributed by atoms with van der Waals surface area (Å²) in [5, 5.41) is 5.14. The number of carbonyl (C=O) groups is 1. The Balaban J connectivity index is 2.05. The number of amides is 1. The Morgan fingerprint density at radius 2 is 2.17 bits per heavy atom. The number of hydrogen-bond acceptors (Lipinski definition) is 5. The molecule has 0 saturated carbocycles. The van der Waals surface area contributed by atoms with Gasteiger partial charge in [0.05, 0.1) is 17.6 Å². The van der Waals surface area contributed by atoms with Crippen LogP contribution in [0.25, 0.3) is 11.0 Å². The zero-order chi connectivity index (χ0) is 12.5. The molecule has 18 heavy (non-hydrogen) atoms. The minimum Gasteiger partial charge on any atom is -0.381 e. The second-order valence-electron chi connectivity index (χ2n) is 4.27. The predicted molar refractivity (Wildman–Crippen MR) is 62.9 cm³/mol. The average molecular weight is 247 g/mol. The summed E-state index contributed by atoms with van der Waals surface area (Å²) in [6.45, 7) is 1.44. The van der Waals surface area contributed by atoms with Crippen molar-refractivity contribution in [3.63, 3.8) is 0 Å². The molecule has 0 atom stereocenters. The summed E-state index contributed by atoms with van der Waals surface area (Å²) in [5.74, 6) is -0.604. The third-order valence-corrected chi connectivity index (χ3v) is 3.09. The molecule has 1 aliphatic heterocycles. The topological polar surface area (TPSA) is 95.9 Å². The minimum absolute atomic E-state index is 0.0244. The molecule has 0 bridgehead atoms. The van der Waals surface area contributed by atoms with Gasteiger partial charge in [0.15, 0.2) is 5.65 Å². The fraction of sp³-hybridized carbons (Fsp3) is 0.455. The van der Waals surface area contributed by atoms with Crippen molar-refractivity contribution in [1.82, 2.24) is 19.7 Å². The molecule has 1 saturated heterocycles. The van der Waals surface area contributed by atoms with Gasteiger partial charge >= 0.3 is 0 Å². The van der Waals surface area contributed by atoms with Gasteiger partial charge in [-0.05, 0) is 12.8 Å². The third-order valence-electron chi connectivity index (χ3n) is 3.09. The summed E-state index contributed by atoms with van der Waals surface area (Å²) in [7, 11) is 0. The highest BCUT2D eigenvalue weighted by Gasteiger charge is 2.19. The number of nitrogens with zero attached hydrogens (tertiary/aromatic N) is 4. The standard InChI is InChI=1S/C11H13N5O2/c12-9(17)10-13-5-7-6-14-16(11(7)15-10)8-1-3-18-4-2-8/h5-6,8H,1-4H2,(H2,12,17). The van der Waals surface area contributed by atoms with Crippen LogP contribution >= 0.6 is 0 Å². The maximum Gasteiger partial charge on any atom is 0.286 e. The predicted octanol–water partition coefficient (Wildman–Crippen LogP) is 0.277. The number of aromatic nitrogens is 4. The lowest BCUT2D eigenvalue weighted by Crippen LogP contribution is -2.21. The van der Waals surface area contributed by atoms with Crippen LogP contribution in [-0.2, 0) is 4.74 Å². The van der Waals surface area contributed by atoms with Crippen LogP contribution in [0.15, 0.2) is 12.4 Å². The molecule has 3 heterocycles. The molecule has 0 unspecified atom stereocenters. The van der Waals surface area contributed by atoms with Crippen molar-refractivity contribution in [2.24, 2.45) is 5.73 Å². The van der Waals surface area contributed by atoms with Crippen LogP contribution in [0.5, 0.6) is 0 Å². The van der Waals surface area contributed by atoms with Gasteiger partial charge in [-0.1, -0.05) is 0 Å². The second kappa shape index (κ2) is 4.34. The lowest BCUT2D eigenvalue weighted by molar-refractivity contribution is 0.0673. The fourth-order valence-corrected chi connectivity index (χ4v) is 2.15. The number of primary amides is 1. The van der Waals surface area contributed by atoms with E-state index >= 15 is 0 Å². The Kier molecular flexibility index (Phi) is 2.67. The van der Waals surface area contributed by atoms with Gasteiger partial charge in [-0.25, -0.2) is 14.6 Å². The zero-order valence-corrected chi connectivity index (χ0v) is 9.74. The molecule has 0 aromatic carbocycles. The Morgan fingerprint density at radius 1 is 1.39 bits per heavy atom. The van der Waals surface area contributed by atoms with Crippen molar-refractivity contribution >= 4 is 16.9 Å². The van der Waals surface area contributed by atoms with Gasteiger partial charge in [0, 0.05) is 19.4 Å². The summed E-state index contributed by atoms with van der Waals surface area (Å²) in [4.78, 5) is 19.2. The summed E-state index contributed by atoms with van der Waals surface area (Å²) in [6, 6.07) is 0.256. The fourth-order valence-electron chi connectivity index (χ4n) is 2.15. The number of fused-ring (bicyclic) bond motifs is 1. The van der Waals surface area contributed by atoms with Gasteiger partial charge in [0.1, 0.15) is 0 Å². The number of hydrogen-bond donors (Lipinski definition) is 1. The van der Waals surface area contributed by atoms with E-state index in [2.05, 4.69) is 15.1 Å². The highest BCUT2D eigenvalue weighted by atomic mass is 16.5. The van der Waals surface area contributed by atoms with E-state index in [1.807, 2.05) is 4.68 Å². The molecule has 0 radical (unpaired) electrons. The van der Waals surface area contributed by atoms with Crippen LogP contribution in [0, 0.1) is 0 Å². The van der Waals surface area contributed by atoms with Crippen LogP contribution in [0.3, 0.4) is 0 Å². The SMILES string of the molecule is NC(=O)c1ncc2cnn(C3CCOCC3)c2n1. The molecule has 2 N–H and O–H groups in total. The molecule has 1 amide bonds. The minimum atomic E-state index is -0.628. The first-order valence-electron chi connectivity index (χ1n) is 5.83. The van der Waals surface area contributed by atoms with E-state index in [4.69, 9.17) is 10.5 Å². The van der Waals surface area contributed by atoms with Crippen molar-refractivity contribution in [3.05, 3.63) is 18.2 Å². The molecule has 7 heteroatoms. The Hall–Kier alpha value is -2.02. The van der Waals surface area contributed by atoms with Gasteiger partial charge in [0.25, 0.3) is 5.91 Å². The van der Waals surface area contributed by atoms with Gasteiger partial charge in [0.2, 0.25) is 5.82 Å². The van der Waals surface area contributed by atoms with Gasteiger partial charge in [-0.2, -0.15) is 5.10 Å². The van der Waals surface area contributed by atoms with E-state index in [1.54, 1.807) is 12.4 Å². The average Bonchev–Trinajstić information content (AvgIpc) is 2.82. The lowest BCUT2D eigenvalue weighted by Gasteiger charge is -2.22.